The Labute approximate surface area is 151 Å². The summed E-state index contributed by atoms with van der Waals surface area (Å²) in [6, 6.07) is 8.47. The molecular formula is C16H14FN5O3S. The fraction of sp³-hybridized carbons (Fsp3) is 0.125. The average molecular weight is 375 g/mol. The standard InChI is InChI=1S/C16H14FN5O3S/c1-22-14(12-3-2-8-25-12)19-21-16(22)26-9-13(23)18-20-15(24)10-4-6-11(17)7-5-10/h2-8H,9H2,1H3,(H,18,23)(H,20,24). The Hall–Kier alpha value is -3.14. The smallest absolute Gasteiger partial charge is 0.269 e. The van der Waals surface area contributed by atoms with E-state index in [1.807, 2.05) is 0 Å². The summed E-state index contributed by atoms with van der Waals surface area (Å²) in [6.07, 6.45) is 1.54. The van der Waals surface area contributed by atoms with Crippen molar-refractivity contribution in [2.24, 2.45) is 7.05 Å². The number of hydrazine groups is 1. The van der Waals surface area contributed by atoms with Gasteiger partial charge < -0.3 is 8.98 Å². The van der Waals surface area contributed by atoms with E-state index in [0.717, 1.165) is 23.9 Å². The summed E-state index contributed by atoms with van der Waals surface area (Å²) in [6.45, 7) is 0. The van der Waals surface area contributed by atoms with Crippen LogP contribution >= 0.6 is 11.8 Å². The van der Waals surface area contributed by atoms with E-state index >= 15 is 0 Å². The summed E-state index contributed by atoms with van der Waals surface area (Å²) in [5, 5.41) is 8.56. The first-order valence-electron chi connectivity index (χ1n) is 7.45. The van der Waals surface area contributed by atoms with Gasteiger partial charge >= 0.3 is 0 Å². The number of thioether (sulfide) groups is 1. The zero-order valence-electron chi connectivity index (χ0n) is 13.6. The number of furan rings is 1. The Bertz CT molecular complexity index is 909. The number of benzene rings is 1. The van der Waals surface area contributed by atoms with Crippen LogP contribution in [0.2, 0.25) is 0 Å². The van der Waals surface area contributed by atoms with E-state index in [1.54, 1.807) is 23.7 Å². The molecule has 2 aromatic heterocycles. The number of halogens is 1. The third-order valence-corrected chi connectivity index (χ3v) is 4.35. The van der Waals surface area contributed by atoms with Crippen molar-refractivity contribution < 1.29 is 18.4 Å². The summed E-state index contributed by atoms with van der Waals surface area (Å²) < 4.78 is 19.8. The molecule has 0 aliphatic heterocycles. The van der Waals surface area contributed by atoms with E-state index in [0.29, 0.717) is 16.7 Å². The van der Waals surface area contributed by atoms with Crippen molar-refractivity contribution in [3.63, 3.8) is 0 Å². The van der Waals surface area contributed by atoms with Crippen LogP contribution in [0.5, 0.6) is 0 Å². The van der Waals surface area contributed by atoms with Gasteiger partial charge in [-0.2, -0.15) is 0 Å². The summed E-state index contributed by atoms with van der Waals surface area (Å²) in [5.41, 5.74) is 4.79. The Balaban J connectivity index is 1.50. The first kappa shape index (κ1) is 17.7. The van der Waals surface area contributed by atoms with Gasteiger partial charge in [-0.15, -0.1) is 10.2 Å². The van der Waals surface area contributed by atoms with Crippen LogP contribution < -0.4 is 10.9 Å². The Kier molecular flexibility index (Phi) is 5.32. The Morgan fingerprint density at radius 2 is 1.96 bits per heavy atom. The molecule has 0 saturated carbocycles. The molecule has 0 spiro atoms. The van der Waals surface area contributed by atoms with Crippen molar-refractivity contribution in [2.75, 3.05) is 5.75 Å². The van der Waals surface area contributed by atoms with Gasteiger partial charge in [0, 0.05) is 12.6 Å². The van der Waals surface area contributed by atoms with Crippen LogP contribution in [0.25, 0.3) is 11.6 Å². The minimum Gasteiger partial charge on any atom is -0.461 e. The number of amides is 2. The van der Waals surface area contributed by atoms with Crippen molar-refractivity contribution in [3.8, 4) is 11.6 Å². The lowest BCUT2D eigenvalue weighted by atomic mass is 10.2. The highest BCUT2D eigenvalue weighted by Crippen LogP contribution is 2.22. The zero-order valence-corrected chi connectivity index (χ0v) is 14.4. The van der Waals surface area contributed by atoms with Crippen LogP contribution in [0.1, 0.15) is 10.4 Å². The number of carbonyl (C=O) groups excluding carboxylic acids is 2. The highest BCUT2D eigenvalue weighted by Gasteiger charge is 2.15. The van der Waals surface area contributed by atoms with E-state index in [4.69, 9.17) is 4.42 Å². The van der Waals surface area contributed by atoms with Crippen molar-refractivity contribution in [1.29, 1.82) is 0 Å². The molecule has 0 unspecified atom stereocenters. The van der Waals surface area contributed by atoms with Crippen LogP contribution in [0.15, 0.2) is 52.2 Å². The van der Waals surface area contributed by atoms with Crippen LogP contribution in [0.3, 0.4) is 0 Å². The van der Waals surface area contributed by atoms with E-state index in [2.05, 4.69) is 21.0 Å². The second-order valence-electron chi connectivity index (χ2n) is 5.14. The van der Waals surface area contributed by atoms with Crippen LogP contribution in [0.4, 0.5) is 4.39 Å². The second kappa shape index (κ2) is 7.83. The Morgan fingerprint density at radius 1 is 1.19 bits per heavy atom. The van der Waals surface area contributed by atoms with Gasteiger partial charge in [0.05, 0.1) is 12.0 Å². The largest absolute Gasteiger partial charge is 0.461 e. The molecule has 3 rings (SSSR count). The number of nitrogens with zero attached hydrogens (tertiary/aromatic N) is 3. The highest BCUT2D eigenvalue weighted by atomic mass is 32.2. The Morgan fingerprint density at radius 3 is 2.65 bits per heavy atom. The number of aromatic nitrogens is 3. The maximum absolute atomic E-state index is 12.8. The predicted molar refractivity (Wildman–Crippen MR) is 91.4 cm³/mol. The molecular weight excluding hydrogens is 361 g/mol. The predicted octanol–water partition coefficient (Wildman–Crippen LogP) is 1.77. The monoisotopic (exact) mass is 375 g/mol. The molecule has 134 valence electrons. The molecule has 0 saturated heterocycles. The first-order chi connectivity index (χ1) is 12.5. The highest BCUT2D eigenvalue weighted by molar-refractivity contribution is 7.99. The fourth-order valence-corrected chi connectivity index (χ4v) is 2.74. The van der Waals surface area contributed by atoms with Crippen LogP contribution in [-0.2, 0) is 11.8 Å². The number of hydrogen-bond donors (Lipinski definition) is 2. The maximum atomic E-state index is 12.8. The molecule has 0 radical (unpaired) electrons. The van der Waals surface area contributed by atoms with E-state index in [-0.39, 0.29) is 11.3 Å². The topological polar surface area (TPSA) is 102 Å². The lowest BCUT2D eigenvalue weighted by molar-refractivity contribution is -0.119. The molecule has 0 atom stereocenters. The van der Waals surface area contributed by atoms with E-state index < -0.39 is 17.6 Å². The number of carbonyl (C=O) groups is 2. The van der Waals surface area contributed by atoms with Gasteiger partial charge in [-0.1, -0.05) is 11.8 Å². The molecule has 10 heteroatoms. The van der Waals surface area contributed by atoms with Crippen LogP contribution in [0, 0.1) is 5.82 Å². The minimum atomic E-state index is -0.540. The lowest BCUT2D eigenvalue weighted by Gasteiger charge is -2.07. The van der Waals surface area contributed by atoms with E-state index in [1.165, 1.54) is 18.4 Å². The van der Waals surface area contributed by atoms with Gasteiger partial charge in [0.2, 0.25) is 5.91 Å². The van der Waals surface area contributed by atoms with Gasteiger partial charge in [0.15, 0.2) is 16.7 Å². The van der Waals surface area contributed by atoms with Crippen molar-refractivity contribution in [1.82, 2.24) is 25.6 Å². The first-order valence-corrected chi connectivity index (χ1v) is 8.44. The zero-order chi connectivity index (χ0) is 18.5. The summed E-state index contributed by atoms with van der Waals surface area (Å²) in [4.78, 5) is 23.7. The number of hydrogen-bond acceptors (Lipinski definition) is 6. The molecule has 3 aromatic rings. The number of nitrogens with one attached hydrogen (secondary N) is 2. The lowest BCUT2D eigenvalue weighted by Crippen LogP contribution is -2.42. The quantitative estimate of drug-likeness (QED) is 0.521. The molecule has 8 nitrogen and oxygen atoms in total. The van der Waals surface area contributed by atoms with Gasteiger partial charge in [-0.25, -0.2) is 4.39 Å². The summed E-state index contributed by atoms with van der Waals surface area (Å²) >= 11 is 1.16. The molecule has 0 aliphatic rings. The second-order valence-corrected chi connectivity index (χ2v) is 6.08. The molecule has 0 fully saturated rings. The van der Waals surface area contributed by atoms with Gasteiger partial charge in [-0.3, -0.25) is 20.4 Å². The molecule has 0 bridgehead atoms. The van der Waals surface area contributed by atoms with Crippen molar-refractivity contribution >= 4 is 23.6 Å². The maximum Gasteiger partial charge on any atom is 0.269 e. The van der Waals surface area contributed by atoms with Gasteiger partial charge in [-0.05, 0) is 36.4 Å². The van der Waals surface area contributed by atoms with Gasteiger partial charge in [0.1, 0.15) is 5.82 Å². The molecule has 0 aliphatic carbocycles. The third-order valence-electron chi connectivity index (χ3n) is 3.33. The van der Waals surface area contributed by atoms with E-state index in [9.17, 15) is 14.0 Å². The van der Waals surface area contributed by atoms with Crippen LogP contribution in [-0.4, -0.2) is 32.3 Å². The molecule has 2 N–H and O–H groups in total. The third kappa shape index (κ3) is 4.09. The number of rotatable bonds is 5. The molecule has 2 amide bonds. The minimum absolute atomic E-state index is 0.0217. The molecule has 1 aromatic carbocycles. The summed E-state index contributed by atoms with van der Waals surface area (Å²) in [7, 11) is 1.76. The molecule has 26 heavy (non-hydrogen) atoms. The normalized spacial score (nSPS) is 10.5. The molecule has 2 heterocycles. The van der Waals surface area contributed by atoms with Gasteiger partial charge in [0.25, 0.3) is 5.91 Å². The SMILES string of the molecule is Cn1c(SCC(=O)NNC(=O)c2ccc(F)cc2)nnc1-c1ccco1. The van der Waals surface area contributed by atoms with Crippen molar-refractivity contribution in [3.05, 3.63) is 54.0 Å². The van der Waals surface area contributed by atoms with Crippen molar-refractivity contribution in [2.45, 2.75) is 5.16 Å². The summed E-state index contributed by atoms with van der Waals surface area (Å²) in [5.74, 6) is -0.270. The fourth-order valence-electron chi connectivity index (χ4n) is 2.03. The average Bonchev–Trinajstić information content (AvgIpc) is 3.28.